The van der Waals surface area contributed by atoms with Crippen molar-refractivity contribution in [1.29, 1.82) is 0 Å². The average molecular weight is 319 g/mol. The Morgan fingerprint density at radius 2 is 2.00 bits per heavy atom. The van der Waals surface area contributed by atoms with Crippen molar-refractivity contribution in [2.45, 2.75) is 6.42 Å². The van der Waals surface area contributed by atoms with Gasteiger partial charge in [-0.1, -0.05) is 0 Å². The molecule has 0 saturated carbocycles. The lowest BCUT2D eigenvalue weighted by molar-refractivity contribution is 0.0757. The second kappa shape index (κ2) is 4.98. The average Bonchev–Trinajstić information content (AvgIpc) is 3.16. The number of anilines is 1. The highest BCUT2D eigenvalue weighted by molar-refractivity contribution is 7.07. The van der Waals surface area contributed by atoms with Crippen LogP contribution in [0.3, 0.4) is 0 Å². The highest BCUT2D eigenvalue weighted by Crippen LogP contribution is 2.41. The lowest BCUT2D eigenvalue weighted by Gasteiger charge is -2.47. The summed E-state index contributed by atoms with van der Waals surface area (Å²) in [6.07, 6.45) is 3.33. The summed E-state index contributed by atoms with van der Waals surface area (Å²) in [5, 5.41) is 1.78. The number of rotatable bonds is 2. The molecule has 8 heteroatoms. The molecule has 22 heavy (non-hydrogen) atoms. The van der Waals surface area contributed by atoms with E-state index >= 15 is 0 Å². The number of thiazole rings is 1. The van der Waals surface area contributed by atoms with Gasteiger partial charge in [0, 0.05) is 37.0 Å². The second-order valence-corrected chi connectivity index (χ2v) is 6.63. The van der Waals surface area contributed by atoms with E-state index in [1.165, 1.54) is 23.7 Å². The van der Waals surface area contributed by atoms with Crippen molar-refractivity contribution in [3.05, 3.63) is 34.8 Å². The van der Waals surface area contributed by atoms with Crippen LogP contribution in [0.5, 0.6) is 0 Å². The van der Waals surface area contributed by atoms with Gasteiger partial charge < -0.3 is 9.80 Å². The van der Waals surface area contributed by atoms with E-state index < -0.39 is 5.82 Å². The molecule has 0 aliphatic carbocycles. The second-order valence-electron chi connectivity index (χ2n) is 5.91. The van der Waals surface area contributed by atoms with Gasteiger partial charge in [0.1, 0.15) is 5.69 Å². The standard InChI is InChI=1S/C14H14FN5OS/c15-10-3-16-13(17-4-10)20-7-14(8-20)1-2-19(6-14)12(21)11-5-22-9-18-11/h3-5,9H,1-2,6-8H2. The molecule has 2 aliphatic heterocycles. The van der Waals surface area contributed by atoms with E-state index in [9.17, 15) is 9.18 Å². The molecule has 1 amide bonds. The van der Waals surface area contributed by atoms with Crippen LogP contribution in [-0.2, 0) is 0 Å². The van der Waals surface area contributed by atoms with Gasteiger partial charge >= 0.3 is 0 Å². The minimum Gasteiger partial charge on any atom is -0.339 e. The summed E-state index contributed by atoms with van der Waals surface area (Å²) in [4.78, 5) is 28.3. The highest BCUT2D eigenvalue weighted by Gasteiger charge is 2.49. The summed E-state index contributed by atoms with van der Waals surface area (Å²) < 4.78 is 12.8. The van der Waals surface area contributed by atoms with Gasteiger partial charge in [-0.25, -0.2) is 19.3 Å². The topological polar surface area (TPSA) is 62.2 Å². The quantitative estimate of drug-likeness (QED) is 0.838. The number of likely N-dealkylation sites (tertiary alicyclic amines) is 1. The first-order valence-corrected chi connectivity index (χ1v) is 8.00. The van der Waals surface area contributed by atoms with Gasteiger partial charge in [-0.3, -0.25) is 4.79 Å². The zero-order valence-corrected chi connectivity index (χ0v) is 12.6. The molecule has 4 heterocycles. The van der Waals surface area contributed by atoms with Crippen molar-refractivity contribution in [1.82, 2.24) is 19.9 Å². The van der Waals surface area contributed by atoms with Crippen LogP contribution in [0.15, 0.2) is 23.3 Å². The molecule has 2 aromatic rings. The fraction of sp³-hybridized carbons (Fsp3) is 0.429. The van der Waals surface area contributed by atoms with Gasteiger partial charge in [-0.2, -0.15) is 0 Å². The Balaban J connectivity index is 1.40. The Labute approximate surface area is 130 Å². The number of carbonyl (C=O) groups is 1. The maximum absolute atomic E-state index is 12.8. The Morgan fingerprint density at radius 3 is 2.68 bits per heavy atom. The molecule has 2 fully saturated rings. The van der Waals surface area contributed by atoms with Gasteiger partial charge in [-0.05, 0) is 6.42 Å². The molecule has 0 radical (unpaired) electrons. The monoisotopic (exact) mass is 319 g/mol. The number of halogens is 1. The van der Waals surface area contributed by atoms with Gasteiger partial charge in [-0.15, -0.1) is 11.3 Å². The normalized spacial score (nSPS) is 19.5. The van der Waals surface area contributed by atoms with Crippen LogP contribution in [0.4, 0.5) is 10.3 Å². The third-order valence-electron chi connectivity index (χ3n) is 4.32. The van der Waals surface area contributed by atoms with Crippen molar-refractivity contribution >= 4 is 23.2 Å². The predicted molar refractivity (Wildman–Crippen MR) is 79.3 cm³/mol. The van der Waals surface area contributed by atoms with Crippen LogP contribution < -0.4 is 4.90 Å². The molecule has 2 aromatic heterocycles. The lowest BCUT2D eigenvalue weighted by atomic mass is 9.79. The Kier molecular flexibility index (Phi) is 3.07. The SMILES string of the molecule is O=C(c1cscn1)N1CCC2(C1)CN(c1ncc(F)cn1)C2. The van der Waals surface area contributed by atoms with Crippen LogP contribution in [-0.4, -0.2) is 51.9 Å². The minimum absolute atomic E-state index is 0.00890. The van der Waals surface area contributed by atoms with E-state index in [4.69, 9.17) is 0 Å². The zero-order valence-electron chi connectivity index (χ0n) is 11.8. The summed E-state index contributed by atoms with van der Waals surface area (Å²) in [7, 11) is 0. The molecule has 2 aliphatic rings. The molecule has 0 aromatic carbocycles. The molecule has 114 valence electrons. The van der Waals surface area contributed by atoms with Crippen LogP contribution >= 0.6 is 11.3 Å². The Hall–Kier alpha value is -2.09. The van der Waals surface area contributed by atoms with E-state index in [1.807, 2.05) is 9.80 Å². The molecule has 2 saturated heterocycles. The largest absolute Gasteiger partial charge is 0.339 e. The fourth-order valence-electron chi connectivity index (χ4n) is 3.22. The number of aromatic nitrogens is 3. The van der Waals surface area contributed by atoms with Crippen molar-refractivity contribution in [3.8, 4) is 0 Å². The van der Waals surface area contributed by atoms with E-state index in [0.29, 0.717) is 11.6 Å². The first kappa shape index (κ1) is 13.6. The maximum atomic E-state index is 12.8. The molecule has 6 nitrogen and oxygen atoms in total. The first-order valence-electron chi connectivity index (χ1n) is 7.05. The molecule has 0 N–H and O–H groups in total. The number of nitrogens with zero attached hydrogens (tertiary/aromatic N) is 5. The fourth-order valence-corrected chi connectivity index (χ4v) is 3.75. The van der Waals surface area contributed by atoms with E-state index in [0.717, 1.165) is 32.6 Å². The van der Waals surface area contributed by atoms with Gasteiger partial charge in [0.25, 0.3) is 5.91 Å². The third-order valence-corrected chi connectivity index (χ3v) is 4.91. The molecular formula is C14H14FN5OS. The van der Waals surface area contributed by atoms with Crippen molar-refractivity contribution in [3.63, 3.8) is 0 Å². The number of hydrogen-bond donors (Lipinski definition) is 0. The highest BCUT2D eigenvalue weighted by atomic mass is 32.1. The maximum Gasteiger partial charge on any atom is 0.273 e. The first-order chi connectivity index (χ1) is 10.7. The third kappa shape index (κ3) is 2.23. The van der Waals surface area contributed by atoms with Crippen molar-refractivity contribution in [2.24, 2.45) is 5.41 Å². The van der Waals surface area contributed by atoms with Crippen LogP contribution in [0.1, 0.15) is 16.9 Å². The molecule has 0 bridgehead atoms. The van der Waals surface area contributed by atoms with Crippen LogP contribution in [0.25, 0.3) is 0 Å². The predicted octanol–water partition coefficient (Wildman–Crippen LogP) is 1.42. The summed E-state index contributed by atoms with van der Waals surface area (Å²) in [5.74, 6) is 0.130. The smallest absolute Gasteiger partial charge is 0.273 e. The number of amides is 1. The summed E-state index contributed by atoms with van der Waals surface area (Å²) in [6.45, 7) is 3.11. The minimum atomic E-state index is -0.431. The van der Waals surface area contributed by atoms with Crippen molar-refractivity contribution < 1.29 is 9.18 Å². The van der Waals surface area contributed by atoms with E-state index in [-0.39, 0.29) is 11.3 Å². The molecule has 0 unspecified atom stereocenters. The van der Waals surface area contributed by atoms with Gasteiger partial charge in [0.2, 0.25) is 5.95 Å². The Bertz CT molecular complexity index is 684. The number of hydrogen-bond acceptors (Lipinski definition) is 6. The van der Waals surface area contributed by atoms with Gasteiger partial charge in [0.05, 0.1) is 17.9 Å². The zero-order chi connectivity index (χ0) is 15.2. The molecule has 4 rings (SSSR count). The lowest BCUT2D eigenvalue weighted by Crippen LogP contribution is -2.58. The van der Waals surface area contributed by atoms with Gasteiger partial charge in [0.15, 0.2) is 5.82 Å². The summed E-state index contributed by atoms with van der Waals surface area (Å²) in [6, 6.07) is 0. The molecule has 0 atom stereocenters. The van der Waals surface area contributed by atoms with Crippen molar-refractivity contribution in [2.75, 3.05) is 31.1 Å². The Morgan fingerprint density at radius 1 is 1.23 bits per heavy atom. The summed E-state index contributed by atoms with van der Waals surface area (Å²) >= 11 is 1.43. The molecular weight excluding hydrogens is 305 g/mol. The van der Waals surface area contributed by atoms with Crippen LogP contribution in [0.2, 0.25) is 0 Å². The summed E-state index contributed by atoms with van der Waals surface area (Å²) in [5.41, 5.74) is 2.32. The number of carbonyl (C=O) groups excluding carboxylic acids is 1. The van der Waals surface area contributed by atoms with Crippen LogP contribution in [0, 0.1) is 11.2 Å². The molecule has 1 spiro atoms. The van der Waals surface area contributed by atoms with E-state index in [2.05, 4.69) is 15.0 Å². The van der Waals surface area contributed by atoms with E-state index in [1.54, 1.807) is 10.9 Å².